The van der Waals surface area contributed by atoms with E-state index in [-0.39, 0.29) is 19.1 Å². The van der Waals surface area contributed by atoms with E-state index in [0.29, 0.717) is 17.4 Å². The van der Waals surface area contributed by atoms with Crippen LogP contribution in [0.3, 0.4) is 0 Å². The number of nitrogens with one attached hydrogen (secondary N) is 1. The minimum atomic E-state index is -4.35. The summed E-state index contributed by atoms with van der Waals surface area (Å²) in [6, 6.07) is -0.868. The molecule has 0 aliphatic rings. The molecule has 8 nitrogen and oxygen atoms in total. The smallest absolute Gasteiger partial charge is 0.387 e. The molecule has 0 aromatic carbocycles. The molecule has 0 spiro atoms. The number of unbranched alkanes of at least 4 members (excludes halogenated alkanes) is 31. The normalized spacial score (nSPS) is 14.4. The molecule has 3 unspecified atom stereocenters. The first-order valence-corrected chi connectivity index (χ1v) is 29.0. The van der Waals surface area contributed by atoms with Gasteiger partial charge in [-0.25, -0.2) is 4.57 Å². The maximum absolute atomic E-state index is 12.9. The molecule has 0 rings (SSSR count). The zero-order chi connectivity index (χ0) is 47.8. The quantitative estimate of drug-likeness (QED) is 0.0243. The predicted molar refractivity (Wildman–Crippen MR) is 281 cm³/mol. The lowest BCUT2D eigenvalue weighted by Crippen LogP contribution is -2.45. The Hall–Kier alpha value is -1.54. The Morgan fingerprint density at radius 3 is 1.28 bits per heavy atom. The molecule has 1 amide bonds. The molecule has 3 N–H and O–H groups in total. The number of amides is 1. The summed E-state index contributed by atoms with van der Waals surface area (Å²) in [6.07, 6.45) is 62.3. The Bertz CT molecular complexity index is 1200. The van der Waals surface area contributed by atoms with Crippen LogP contribution in [0.2, 0.25) is 0 Å². The lowest BCUT2D eigenvalue weighted by atomic mass is 10.0. The van der Waals surface area contributed by atoms with Crippen LogP contribution >= 0.6 is 7.82 Å². The van der Waals surface area contributed by atoms with E-state index in [1.807, 2.05) is 27.2 Å². The number of carbonyl (C=O) groups excluding carboxylic acids is 1. The van der Waals surface area contributed by atoms with Crippen molar-refractivity contribution < 1.29 is 32.9 Å². The molecule has 0 aromatic heterocycles. The van der Waals surface area contributed by atoms with Gasteiger partial charge in [0.2, 0.25) is 5.91 Å². The number of phosphoric acid groups is 1. The van der Waals surface area contributed by atoms with E-state index in [1.165, 1.54) is 180 Å². The summed E-state index contributed by atoms with van der Waals surface area (Å²) < 4.78 is 23.6. The van der Waals surface area contributed by atoms with Crippen LogP contribution in [-0.2, 0) is 18.4 Å². The van der Waals surface area contributed by atoms with Crippen molar-refractivity contribution in [1.82, 2.24) is 5.32 Å². The summed E-state index contributed by atoms with van der Waals surface area (Å²) in [5.74, 6) is -0.190. The first-order chi connectivity index (χ1) is 31.5. The fourth-order valence-corrected chi connectivity index (χ4v) is 8.62. The van der Waals surface area contributed by atoms with Gasteiger partial charge in [-0.15, -0.1) is 0 Å². The summed E-state index contributed by atoms with van der Waals surface area (Å²) in [5, 5.41) is 13.8. The number of phosphoric ester groups is 1. The van der Waals surface area contributed by atoms with Crippen molar-refractivity contribution in [2.45, 2.75) is 264 Å². The number of hydrogen-bond acceptors (Lipinski definition) is 5. The van der Waals surface area contributed by atoms with Crippen LogP contribution in [0.15, 0.2) is 48.6 Å². The summed E-state index contributed by atoms with van der Waals surface area (Å²) >= 11 is 0. The van der Waals surface area contributed by atoms with E-state index in [0.717, 1.165) is 51.4 Å². The fourth-order valence-electron chi connectivity index (χ4n) is 7.88. The van der Waals surface area contributed by atoms with Gasteiger partial charge < -0.3 is 19.8 Å². The van der Waals surface area contributed by atoms with E-state index in [2.05, 4.69) is 55.6 Å². The molecule has 3 atom stereocenters. The highest BCUT2D eigenvalue weighted by Crippen LogP contribution is 2.43. The zero-order valence-electron chi connectivity index (χ0n) is 43.5. The molecule has 0 aliphatic heterocycles. The van der Waals surface area contributed by atoms with Gasteiger partial charge in [-0.3, -0.25) is 13.8 Å². The molecule has 0 saturated heterocycles. The second kappa shape index (κ2) is 47.5. The molecule has 0 saturated carbocycles. The molecule has 0 aromatic rings. The average molecular weight is 936 g/mol. The van der Waals surface area contributed by atoms with Gasteiger partial charge in [0.1, 0.15) is 13.2 Å². The first kappa shape index (κ1) is 63.5. The summed E-state index contributed by atoms with van der Waals surface area (Å²) in [6.45, 7) is 4.75. The monoisotopic (exact) mass is 936 g/mol. The number of hydrogen-bond donors (Lipinski definition) is 3. The van der Waals surface area contributed by atoms with Crippen LogP contribution < -0.4 is 5.32 Å². The van der Waals surface area contributed by atoms with Gasteiger partial charge in [0.05, 0.1) is 39.9 Å². The molecule has 382 valence electrons. The molecule has 0 radical (unpaired) electrons. The SMILES string of the molecule is CCCC/C=C/CC/C=C/CC/C=C/C(O)C(COP(=O)(O)OCC[N+](C)(C)C)NC(=O)CCCCCCCCCCCCCCCCCCCCC/C=C\CCCCCCCCCC. The number of likely N-dealkylation sites (N-methyl/N-ethyl adjacent to an activating group) is 1. The molecule has 0 bridgehead atoms. The third-order valence-corrected chi connectivity index (χ3v) is 13.2. The zero-order valence-corrected chi connectivity index (χ0v) is 44.4. The topological polar surface area (TPSA) is 105 Å². The molecule has 0 fully saturated rings. The maximum atomic E-state index is 12.9. The molecular formula is C56H108N2O6P+. The Labute approximate surface area is 403 Å². The van der Waals surface area contributed by atoms with Gasteiger partial charge in [0.25, 0.3) is 0 Å². The number of aliphatic hydroxyl groups excluding tert-OH is 1. The standard InChI is InChI=1S/C56H107N2O6P/c1-6-8-10-12-14-16-18-20-21-22-23-24-25-26-27-28-29-30-31-32-33-34-35-36-37-38-40-42-44-46-48-50-56(60)57-54(53-64-65(61,62)63-52-51-58(3,4)5)55(59)49-47-45-43-41-39-19-17-15-13-11-9-7-2/h13,15,22-23,39,41,47,49,54-55,59H,6-12,14,16-21,24-38,40,42-46,48,50-53H2,1-5H3,(H-,57,60,61,62)/p+1/b15-13+,23-22-,41-39+,49-47+. The molecule has 65 heavy (non-hydrogen) atoms. The Balaban J connectivity index is 4.04. The van der Waals surface area contributed by atoms with Crippen LogP contribution in [0.25, 0.3) is 0 Å². The van der Waals surface area contributed by atoms with Crippen molar-refractivity contribution in [1.29, 1.82) is 0 Å². The molecule has 0 heterocycles. The fraction of sp³-hybridized carbons (Fsp3) is 0.839. The van der Waals surface area contributed by atoms with Crippen molar-refractivity contribution in [2.24, 2.45) is 0 Å². The van der Waals surface area contributed by atoms with E-state index in [1.54, 1.807) is 6.08 Å². The number of allylic oxidation sites excluding steroid dienone is 7. The lowest BCUT2D eigenvalue weighted by molar-refractivity contribution is -0.870. The Morgan fingerprint density at radius 1 is 0.508 bits per heavy atom. The van der Waals surface area contributed by atoms with Gasteiger partial charge in [-0.05, 0) is 64.2 Å². The highest BCUT2D eigenvalue weighted by molar-refractivity contribution is 7.47. The van der Waals surface area contributed by atoms with Crippen LogP contribution in [-0.4, -0.2) is 73.4 Å². The Kier molecular flexibility index (Phi) is 46.4. The van der Waals surface area contributed by atoms with Crippen molar-refractivity contribution in [2.75, 3.05) is 40.9 Å². The first-order valence-electron chi connectivity index (χ1n) is 27.5. The van der Waals surface area contributed by atoms with Crippen molar-refractivity contribution in [3.05, 3.63) is 48.6 Å². The van der Waals surface area contributed by atoms with Crippen LogP contribution in [0, 0.1) is 0 Å². The predicted octanol–water partition coefficient (Wildman–Crippen LogP) is 16.4. The van der Waals surface area contributed by atoms with E-state index in [4.69, 9.17) is 9.05 Å². The Morgan fingerprint density at radius 2 is 0.862 bits per heavy atom. The summed E-state index contributed by atoms with van der Waals surface area (Å²) in [5.41, 5.74) is 0. The largest absolute Gasteiger partial charge is 0.472 e. The number of aliphatic hydroxyl groups is 1. The molecule has 0 aliphatic carbocycles. The number of carbonyl (C=O) groups is 1. The van der Waals surface area contributed by atoms with E-state index >= 15 is 0 Å². The minimum absolute atomic E-state index is 0.0536. The summed E-state index contributed by atoms with van der Waals surface area (Å²) in [4.78, 5) is 23.2. The third-order valence-electron chi connectivity index (χ3n) is 12.2. The lowest BCUT2D eigenvalue weighted by Gasteiger charge is -2.25. The van der Waals surface area contributed by atoms with Crippen LogP contribution in [0.5, 0.6) is 0 Å². The number of rotatable bonds is 50. The molecular weight excluding hydrogens is 828 g/mol. The van der Waals surface area contributed by atoms with E-state index in [9.17, 15) is 19.4 Å². The van der Waals surface area contributed by atoms with E-state index < -0.39 is 20.0 Å². The van der Waals surface area contributed by atoms with Crippen molar-refractivity contribution >= 4 is 13.7 Å². The maximum Gasteiger partial charge on any atom is 0.472 e. The van der Waals surface area contributed by atoms with Gasteiger partial charge in [-0.1, -0.05) is 229 Å². The second-order valence-corrected chi connectivity index (χ2v) is 21.4. The second-order valence-electron chi connectivity index (χ2n) is 19.9. The third kappa shape index (κ3) is 50.2. The van der Waals surface area contributed by atoms with Gasteiger partial charge in [-0.2, -0.15) is 0 Å². The van der Waals surface area contributed by atoms with Crippen LogP contribution in [0.4, 0.5) is 0 Å². The minimum Gasteiger partial charge on any atom is -0.387 e. The molecule has 9 heteroatoms. The highest BCUT2D eigenvalue weighted by Gasteiger charge is 2.27. The van der Waals surface area contributed by atoms with Gasteiger partial charge >= 0.3 is 7.82 Å². The van der Waals surface area contributed by atoms with Gasteiger partial charge in [0.15, 0.2) is 0 Å². The average Bonchev–Trinajstić information content (AvgIpc) is 3.26. The van der Waals surface area contributed by atoms with Crippen molar-refractivity contribution in [3.8, 4) is 0 Å². The number of quaternary nitrogens is 1. The van der Waals surface area contributed by atoms with Crippen LogP contribution in [0.1, 0.15) is 251 Å². The van der Waals surface area contributed by atoms with Crippen molar-refractivity contribution in [3.63, 3.8) is 0 Å². The van der Waals surface area contributed by atoms with Gasteiger partial charge in [0, 0.05) is 6.42 Å². The number of nitrogens with zero attached hydrogens (tertiary/aromatic N) is 1. The highest BCUT2D eigenvalue weighted by atomic mass is 31.2. The summed E-state index contributed by atoms with van der Waals surface area (Å²) in [7, 11) is 1.55.